The van der Waals surface area contributed by atoms with Gasteiger partial charge in [-0.3, -0.25) is 14.5 Å². The zero-order chi connectivity index (χ0) is 20.3. The Labute approximate surface area is 178 Å². The lowest BCUT2D eigenvalue weighted by atomic mass is 10.1. The summed E-state index contributed by atoms with van der Waals surface area (Å²) in [5.74, 6) is 0.614. The molecule has 0 spiro atoms. The highest BCUT2D eigenvalue weighted by Gasteiger charge is 2.15. The van der Waals surface area contributed by atoms with E-state index >= 15 is 0 Å². The Balaban J connectivity index is 1.67. The minimum atomic E-state index is -0.230. The van der Waals surface area contributed by atoms with E-state index in [4.69, 9.17) is 35.4 Å². The zero-order valence-electron chi connectivity index (χ0n) is 15.5. The maximum atomic E-state index is 12.4. The van der Waals surface area contributed by atoms with Crippen molar-refractivity contribution in [3.05, 3.63) is 68.4 Å². The van der Waals surface area contributed by atoms with Gasteiger partial charge in [0.25, 0.3) is 0 Å². The number of benzene rings is 2. The average molecular weight is 435 g/mol. The number of carbonyl (C=O) groups is 1. The maximum Gasteiger partial charge on any atom is 0.222 e. The monoisotopic (exact) mass is 434 g/mol. The van der Waals surface area contributed by atoms with Crippen LogP contribution >= 0.6 is 35.4 Å². The van der Waals surface area contributed by atoms with Crippen LogP contribution in [-0.4, -0.2) is 20.7 Å². The summed E-state index contributed by atoms with van der Waals surface area (Å²) >= 11 is 17.5. The summed E-state index contributed by atoms with van der Waals surface area (Å²) in [6, 6.07) is 13.0. The number of aromatic amines is 1. The summed E-state index contributed by atoms with van der Waals surface area (Å²) in [6.45, 7) is 4.33. The number of carbonyl (C=O) groups excluding carboxylic acids is 1. The second-order valence-corrected chi connectivity index (χ2v) is 7.81. The van der Waals surface area contributed by atoms with Crippen LogP contribution in [0.3, 0.4) is 0 Å². The molecule has 146 valence electrons. The van der Waals surface area contributed by atoms with Gasteiger partial charge >= 0.3 is 0 Å². The van der Waals surface area contributed by atoms with Gasteiger partial charge in [-0.2, -0.15) is 5.10 Å². The van der Waals surface area contributed by atoms with Crippen molar-refractivity contribution in [3.8, 4) is 11.4 Å². The lowest BCUT2D eigenvalue weighted by Gasteiger charge is -2.16. The topological polar surface area (TPSA) is 62.7 Å². The van der Waals surface area contributed by atoms with E-state index in [9.17, 15) is 4.79 Å². The fraction of sp³-hybridized carbons (Fsp3) is 0.250. The number of halogens is 2. The molecule has 2 aromatic carbocycles. The number of nitrogens with one attached hydrogen (secondary N) is 2. The molecule has 0 saturated carbocycles. The van der Waals surface area contributed by atoms with Crippen LogP contribution in [0.1, 0.15) is 30.5 Å². The van der Waals surface area contributed by atoms with E-state index < -0.39 is 0 Å². The molecule has 3 rings (SSSR count). The minimum Gasteiger partial charge on any atom is -0.349 e. The lowest BCUT2D eigenvalue weighted by Crippen LogP contribution is -2.27. The highest BCUT2D eigenvalue weighted by atomic mass is 35.5. The highest BCUT2D eigenvalue weighted by molar-refractivity contribution is 7.71. The molecule has 8 heteroatoms. The normalized spacial score (nSPS) is 12.0. The van der Waals surface area contributed by atoms with Gasteiger partial charge in [-0.15, -0.1) is 0 Å². The molecule has 0 fully saturated rings. The summed E-state index contributed by atoms with van der Waals surface area (Å²) < 4.78 is 2.32. The minimum absolute atomic E-state index is 0.100. The Kier molecular flexibility index (Phi) is 6.54. The van der Waals surface area contributed by atoms with Crippen molar-refractivity contribution in [2.45, 2.75) is 32.9 Å². The van der Waals surface area contributed by atoms with Gasteiger partial charge < -0.3 is 5.32 Å². The number of amides is 1. The second-order valence-electron chi connectivity index (χ2n) is 6.58. The first-order chi connectivity index (χ1) is 13.3. The van der Waals surface area contributed by atoms with Gasteiger partial charge in [0.15, 0.2) is 10.6 Å². The molecule has 28 heavy (non-hydrogen) atoms. The van der Waals surface area contributed by atoms with Gasteiger partial charge in [-0.05, 0) is 43.8 Å². The molecular formula is C20H20Cl2N4OS. The number of hydrogen-bond donors (Lipinski definition) is 2. The van der Waals surface area contributed by atoms with Crippen LogP contribution in [-0.2, 0) is 11.3 Å². The molecular weight excluding hydrogens is 415 g/mol. The van der Waals surface area contributed by atoms with Crippen molar-refractivity contribution < 1.29 is 4.79 Å². The van der Waals surface area contributed by atoms with Crippen molar-refractivity contribution in [1.82, 2.24) is 20.1 Å². The predicted molar refractivity (Wildman–Crippen MR) is 115 cm³/mol. The van der Waals surface area contributed by atoms with Crippen molar-refractivity contribution in [1.29, 1.82) is 0 Å². The molecule has 1 amide bonds. The Morgan fingerprint density at radius 3 is 2.64 bits per heavy atom. The van der Waals surface area contributed by atoms with E-state index in [2.05, 4.69) is 15.5 Å². The standard InChI is InChI=1S/C20H20Cl2N4OS/c1-12-3-5-14(6-4-12)19-24-25-20(28)26(19)10-9-18(27)23-13(2)16-8-7-15(21)11-17(16)22/h3-8,11,13H,9-10H2,1-2H3,(H,23,27)(H,25,28). The molecule has 1 heterocycles. The quantitative estimate of drug-likeness (QED) is 0.504. The van der Waals surface area contributed by atoms with Gasteiger partial charge in [-0.1, -0.05) is 59.1 Å². The Hall–Kier alpha value is -2.15. The first kappa shape index (κ1) is 20.6. The highest BCUT2D eigenvalue weighted by Crippen LogP contribution is 2.26. The molecule has 0 radical (unpaired) electrons. The summed E-state index contributed by atoms with van der Waals surface area (Å²) in [5, 5.41) is 11.2. The van der Waals surface area contributed by atoms with Gasteiger partial charge in [0.1, 0.15) is 0 Å². The van der Waals surface area contributed by atoms with Gasteiger partial charge in [0.05, 0.1) is 6.04 Å². The summed E-state index contributed by atoms with van der Waals surface area (Å²) in [6.07, 6.45) is 0.266. The maximum absolute atomic E-state index is 12.4. The van der Waals surface area contributed by atoms with E-state index in [1.807, 2.05) is 48.7 Å². The number of hydrogen-bond acceptors (Lipinski definition) is 3. The lowest BCUT2D eigenvalue weighted by molar-refractivity contribution is -0.121. The molecule has 1 unspecified atom stereocenters. The zero-order valence-corrected chi connectivity index (χ0v) is 17.8. The van der Waals surface area contributed by atoms with Crippen molar-refractivity contribution in [2.75, 3.05) is 0 Å². The number of rotatable bonds is 6. The van der Waals surface area contributed by atoms with Crippen LogP contribution in [0.2, 0.25) is 10.0 Å². The van der Waals surface area contributed by atoms with Gasteiger partial charge in [0.2, 0.25) is 5.91 Å². The first-order valence-corrected chi connectivity index (χ1v) is 9.98. The van der Waals surface area contributed by atoms with E-state index in [-0.39, 0.29) is 18.4 Å². The number of aryl methyl sites for hydroxylation is 1. The number of aromatic nitrogens is 3. The number of nitrogens with zero attached hydrogens (tertiary/aromatic N) is 2. The van der Waals surface area contributed by atoms with Crippen LogP contribution in [0.4, 0.5) is 0 Å². The molecule has 5 nitrogen and oxygen atoms in total. The Morgan fingerprint density at radius 1 is 1.25 bits per heavy atom. The molecule has 0 saturated heterocycles. The molecule has 0 aliphatic heterocycles. The molecule has 0 bridgehead atoms. The van der Waals surface area contributed by atoms with E-state index in [0.29, 0.717) is 27.2 Å². The third-order valence-electron chi connectivity index (χ3n) is 4.44. The fourth-order valence-electron chi connectivity index (χ4n) is 2.91. The van der Waals surface area contributed by atoms with Gasteiger partial charge in [0, 0.05) is 28.6 Å². The van der Waals surface area contributed by atoms with Crippen LogP contribution < -0.4 is 5.32 Å². The van der Waals surface area contributed by atoms with Crippen molar-refractivity contribution >= 4 is 41.3 Å². The number of H-pyrrole nitrogens is 1. The van der Waals surface area contributed by atoms with E-state index in [0.717, 1.165) is 11.1 Å². The van der Waals surface area contributed by atoms with Crippen LogP contribution in [0.25, 0.3) is 11.4 Å². The molecule has 0 aliphatic carbocycles. The van der Waals surface area contributed by atoms with Crippen LogP contribution in [0, 0.1) is 11.7 Å². The van der Waals surface area contributed by atoms with Gasteiger partial charge in [-0.25, -0.2) is 0 Å². The molecule has 1 atom stereocenters. The molecule has 0 aliphatic rings. The van der Waals surface area contributed by atoms with Crippen molar-refractivity contribution in [2.24, 2.45) is 0 Å². The summed E-state index contributed by atoms with van der Waals surface area (Å²) in [4.78, 5) is 12.4. The Bertz CT molecular complexity index is 1040. The summed E-state index contributed by atoms with van der Waals surface area (Å²) in [7, 11) is 0. The predicted octanol–water partition coefficient (Wildman–Crippen LogP) is 5.49. The largest absolute Gasteiger partial charge is 0.349 e. The molecule has 2 N–H and O–H groups in total. The molecule has 1 aromatic heterocycles. The van der Waals surface area contributed by atoms with Crippen LogP contribution in [0.5, 0.6) is 0 Å². The van der Waals surface area contributed by atoms with E-state index in [1.54, 1.807) is 12.1 Å². The SMILES string of the molecule is Cc1ccc(-c2n[nH]c(=S)n2CCC(=O)NC(C)c2ccc(Cl)cc2Cl)cc1. The Morgan fingerprint density at radius 2 is 1.96 bits per heavy atom. The summed E-state index contributed by atoms with van der Waals surface area (Å²) in [5.41, 5.74) is 2.93. The van der Waals surface area contributed by atoms with Crippen molar-refractivity contribution in [3.63, 3.8) is 0 Å². The van der Waals surface area contributed by atoms with Crippen LogP contribution in [0.15, 0.2) is 42.5 Å². The molecule has 3 aromatic rings. The average Bonchev–Trinajstić information content (AvgIpc) is 3.01. The van der Waals surface area contributed by atoms with E-state index in [1.165, 1.54) is 5.56 Å². The third-order valence-corrected chi connectivity index (χ3v) is 5.31. The second kappa shape index (κ2) is 8.90. The fourth-order valence-corrected chi connectivity index (χ4v) is 3.70. The first-order valence-electron chi connectivity index (χ1n) is 8.81. The smallest absolute Gasteiger partial charge is 0.222 e. The third kappa shape index (κ3) is 4.82.